The fraction of sp³-hybridized carbons (Fsp3) is 0.605. The van der Waals surface area contributed by atoms with Crippen LogP contribution in [0.2, 0.25) is 0 Å². The van der Waals surface area contributed by atoms with Gasteiger partial charge in [0.2, 0.25) is 5.91 Å². The van der Waals surface area contributed by atoms with Crippen molar-refractivity contribution in [2.75, 3.05) is 23.4 Å². The zero-order chi connectivity index (χ0) is 32.0. The highest BCUT2D eigenvalue weighted by Crippen LogP contribution is 2.45. The molecule has 2 aromatic rings. The Kier molecular flexibility index (Phi) is 19.1. The molecule has 0 heterocycles. The highest BCUT2D eigenvalue weighted by molar-refractivity contribution is 8.76. The van der Waals surface area contributed by atoms with E-state index in [4.69, 9.17) is 4.74 Å². The van der Waals surface area contributed by atoms with E-state index in [2.05, 4.69) is 34.3 Å². The van der Waals surface area contributed by atoms with E-state index in [1.54, 1.807) is 0 Å². The first-order chi connectivity index (χ1) is 22.1. The van der Waals surface area contributed by atoms with Gasteiger partial charge in [-0.25, -0.2) is 0 Å². The van der Waals surface area contributed by atoms with Crippen LogP contribution in [0, 0.1) is 0 Å². The van der Waals surface area contributed by atoms with Crippen LogP contribution in [-0.2, 0) is 19.1 Å². The third kappa shape index (κ3) is 14.8. The number of fused-ring (bicyclic) bond motifs is 3. The molecular weight excluding hydrogens is 599 g/mol. The Morgan fingerprint density at radius 1 is 0.711 bits per heavy atom. The van der Waals surface area contributed by atoms with E-state index < -0.39 is 0 Å². The number of amides is 1. The summed E-state index contributed by atoms with van der Waals surface area (Å²) in [5.41, 5.74) is 5.39. The lowest BCUT2D eigenvalue weighted by atomic mass is 9.97. The van der Waals surface area contributed by atoms with Crippen LogP contribution >= 0.6 is 21.6 Å². The molecule has 3 rings (SSSR count). The lowest BCUT2D eigenvalue weighted by Gasteiger charge is -2.14. The van der Waals surface area contributed by atoms with Crippen LogP contribution in [0.1, 0.15) is 140 Å². The first kappa shape index (κ1) is 37.2. The van der Waals surface area contributed by atoms with Crippen LogP contribution in [0.4, 0.5) is 5.69 Å². The first-order valence-corrected chi connectivity index (χ1v) is 19.9. The molecule has 0 radical (unpaired) electrons. The first-order valence-electron chi connectivity index (χ1n) is 17.4. The standard InChI is InChI=1S/C38H55NO4S2/c1-31(41)43-30-37-34-22-17-16-21-33(34)35-25-24-32(29-36(35)37)39-38(42)23-15-11-7-3-6-10-14-20-28-45-44-27-19-13-9-5-2-4-8-12-18-26-40/h16-17,21-22,24-26,29,37H,2-15,18-20,23,27-28,30H2,1H3,(H,39,42). The van der Waals surface area contributed by atoms with E-state index >= 15 is 0 Å². The second-order valence-electron chi connectivity index (χ2n) is 12.3. The highest BCUT2D eigenvalue weighted by Gasteiger charge is 2.29. The van der Waals surface area contributed by atoms with E-state index in [9.17, 15) is 14.4 Å². The maximum Gasteiger partial charge on any atom is 0.302 e. The molecule has 1 amide bonds. The predicted octanol–water partition coefficient (Wildman–Crippen LogP) is 10.9. The van der Waals surface area contributed by atoms with Gasteiger partial charge >= 0.3 is 5.97 Å². The van der Waals surface area contributed by atoms with Crippen molar-refractivity contribution in [3.8, 4) is 11.1 Å². The molecule has 45 heavy (non-hydrogen) atoms. The molecule has 1 unspecified atom stereocenters. The summed E-state index contributed by atoms with van der Waals surface area (Å²) in [6.07, 6.45) is 22.4. The molecule has 1 N–H and O–H groups in total. The topological polar surface area (TPSA) is 72.5 Å². The van der Waals surface area contributed by atoms with Crippen LogP contribution in [0.15, 0.2) is 42.5 Å². The number of carbonyl (C=O) groups is 3. The molecule has 0 aliphatic heterocycles. The molecule has 0 aromatic heterocycles. The fourth-order valence-electron chi connectivity index (χ4n) is 6.07. The van der Waals surface area contributed by atoms with Crippen molar-refractivity contribution in [3.05, 3.63) is 53.6 Å². The van der Waals surface area contributed by atoms with Crippen LogP contribution in [0.5, 0.6) is 0 Å². The number of hydrogen-bond donors (Lipinski definition) is 1. The number of esters is 1. The van der Waals surface area contributed by atoms with Gasteiger partial charge in [0.15, 0.2) is 0 Å². The van der Waals surface area contributed by atoms with Gasteiger partial charge in [-0.1, -0.05) is 129 Å². The van der Waals surface area contributed by atoms with Gasteiger partial charge in [-0.2, -0.15) is 0 Å². The Hall–Kier alpha value is -2.25. The average Bonchev–Trinajstić information content (AvgIpc) is 3.35. The molecule has 0 saturated heterocycles. The molecule has 0 fully saturated rings. The maximum atomic E-state index is 12.6. The van der Waals surface area contributed by atoms with Gasteiger partial charge in [0.25, 0.3) is 0 Å². The van der Waals surface area contributed by atoms with E-state index in [0.717, 1.165) is 48.8 Å². The van der Waals surface area contributed by atoms with E-state index in [-0.39, 0.29) is 17.8 Å². The Bertz CT molecular complexity index is 1150. The second-order valence-corrected chi connectivity index (χ2v) is 15.0. The van der Waals surface area contributed by atoms with Crippen LogP contribution < -0.4 is 5.32 Å². The van der Waals surface area contributed by atoms with Gasteiger partial charge in [0.1, 0.15) is 12.9 Å². The van der Waals surface area contributed by atoms with Crippen LogP contribution in [-0.4, -0.2) is 36.3 Å². The van der Waals surface area contributed by atoms with Crippen LogP contribution in [0.3, 0.4) is 0 Å². The largest absolute Gasteiger partial charge is 0.465 e. The predicted molar refractivity (Wildman–Crippen MR) is 193 cm³/mol. The summed E-state index contributed by atoms with van der Waals surface area (Å²) in [5.74, 6) is 2.32. The molecule has 7 heteroatoms. The van der Waals surface area contributed by atoms with Crippen molar-refractivity contribution in [2.24, 2.45) is 0 Å². The summed E-state index contributed by atoms with van der Waals surface area (Å²) >= 11 is 0. The molecule has 5 nitrogen and oxygen atoms in total. The summed E-state index contributed by atoms with van der Waals surface area (Å²) in [6, 6.07) is 14.3. The SMILES string of the molecule is CC(=O)OCC1c2ccccc2-c2ccc(NC(=O)CCCCCCCCCCSSCCCCCCCCCCC=O)cc21. The molecule has 0 spiro atoms. The number of carbonyl (C=O) groups excluding carboxylic acids is 3. The zero-order valence-electron chi connectivity index (χ0n) is 27.5. The minimum absolute atomic E-state index is 0.0119. The lowest BCUT2D eigenvalue weighted by Crippen LogP contribution is -2.12. The van der Waals surface area contributed by atoms with Crippen LogP contribution in [0.25, 0.3) is 11.1 Å². The molecule has 0 bridgehead atoms. The van der Waals surface area contributed by atoms with Gasteiger partial charge < -0.3 is 14.8 Å². The van der Waals surface area contributed by atoms with Crippen molar-refractivity contribution >= 4 is 45.4 Å². The molecular formula is C38H55NO4S2. The molecule has 1 atom stereocenters. The Morgan fingerprint density at radius 3 is 1.89 bits per heavy atom. The highest BCUT2D eigenvalue weighted by atomic mass is 33.1. The number of aldehydes is 1. The van der Waals surface area contributed by atoms with Gasteiger partial charge in [-0.15, -0.1) is 0 Å². The molecule has 248 valence electrons. The third-order valence-corrected chi connectivity index (χ3v) is 11.1. The minimum atomic E-state index is -0.279. The Labute approximate surface area is 280 Å². The number of hydrogen-bond acceptors (Lipinski definition) is 6. The van der Waals surface area contributed by atoms with Gasteiger partial charge in [0.05, 0.1) is 0 Å². The smallest absolute Gasteiger partial charge is 0.302 e. The summed E-state index contributed by atoms with van der Waals surface area (Å²) in [7, 11) is 4.10. The van der Waals surface area contributed by atoms with E-state index in [1.165, 1.54) is 113 Å². The number of rotatable bonds is 26. The van der Waals surface area contributed by atoms with Crippen molar-refractivity contribution in [1.82, 2.24) is 0 Å². The number of ether oxygens (including phenoxy) is 1. The molecule has 1 aliphatic carbocycles. The number of anilines is 1. The zero-order valence-corrected chi connectivity index (χ0v) is 29.1. The maximum absolute atomic E-state index is 12.6. The number of benzene rings is 2. The third-order valence-electron chi connectivity index (χ3n) is 8.55. The van der Waals surface area contributed by atoms with Crippen molar-refractivity contribution in [1.29, 1.82) is 0 Å². The van der Waals surface area contributed by atoms with Gasteiger partial charge in [-0.05, 0) is 60.1 Å². The molecule has 1 aliphatic rings. The summed E-state index contributed by atoms with van der Waals surface area (Å²) in [4.78, 5) is 34.4. The van der Waals surface area contributed by atoms with Crippen molar-refractivity contribution < 1.29 is 19.1 Å². The lowest BCUT2D eigenvalue weighted by molar-refractivity contribution is -0.141. The minimum Gasteiger partial charge on any atom is -0.465 e. The summed E-state index contributed by atoms with van der Waals surface area (Å²) in [5, 5.41) is 3.09. The monoisotopic (exact) mass is 653 g/mol. The molecule has 2 aromatic carbocycles. The van der Waals surface area contributed by atoms with Gasteiger partial charge in [0, 0.05) is 42.9 Å². The average molecular weight is 654 g/mol. The van der Waals surface area contributed by atoms with Gasteiger partial charge in [-0.3, -0.25) is 9.59 Å². The quantitative estimate of drug-likeness (QED) is 0.0471. The molecule has 0 saturated carbocycles. The normalized spacial score (nSPS) is 13.3. The Balaban J connectivity index is 1.14. The summed E-state index contributed by atoms with van der Waals surface area (Å²) in [6.45, 7) is 1.75. The Morgan fingerprint density at radius 2 is 1.27 bits per heavy atom. The van der Waals surface area contributed by atoms with Crippen molar-refractivity contribution in [3.63, 3.8) is 0 Å². The number of unbranched alkanes of at least 4 members (excludes halogenated alkanes) is 15. The van der Waals surface area contributed by atoms with E-state index in [1.807, 2.05) is 35.1 Å². The fourth-order valence-corrected chi connectivity index (χ4v) is 8.36. The van der Waals surface area contributed by atoms with E-state index in [0.29, 0.717) is 13.0 Å². The summed E-state index contributed by atoms with van der Waals surface area (Å²) < 4.78 is 5.38. The number of nitrogens with one attached hydrogen (secondary N) is 1. The van der Waals surface area contributed by atoms with Crippen molar-refractivity contribution in [2.45, 2.75) is 128 Å². The second kappa shape index (κ2) is 23.1.